The highest BCUT2D eigenvalue weighted by Crippen LogP contribution is 2.28. The number of rotatable bonds is 7. The van der Waals surface area contributed by atoms with E-state index in [0.717, 1.165) is 29.7 Å². The lowest BCUT2D eigenvalue weighted by Crippen LogP contribution is -2.29. The average molecular weight is 310 g/mol. The average Bonchev–Trinajstić information content (AvgIpc) is 2.77. The summed E-state index contributed by atoms with van der Waals surface area (Å²) in [6, 6.07) is 1.77. The Bertz CT molecular complexity index is 455. The molecule has 0 unspecified atom stereocenters. The smallest absolute Gasteiger partial charge is 0.241 e. The Morgan fingerprint density at radius 1 is 1.48 bits per heavy atom. The van der Waals surface area contributed by atoms with Gasteiger partial charge in [0.1, 0.15) is 12.4 Å². The summed E-state index contributed by atoms with van der Waals surface area (Å²) in [6.45, 7) is 2.81. The maximum atomic E-state index is 11.8. The Morgan fingerprint density at radius 2 is 2.24 bits per heavy atom. The van der Waals surface area contributed by atoms with E-state index in [4.69, 9.17) is 5.73 Å². The van der Waals surface area contributed by atoms with E-state index in [0.29, 0.717) is 5.82 Å². The molecule has 1 amide bonds. The number of hydrogen-bond acceptors (Lipinski definition) is 4. The first-order valence-electron chi connectivity index (χ1n) is 7.83. The number of thioether (sulfide) groups is 1. The van der Waals surface area contributed by atoms with Crippen molar-refractivity contribution in [3.8, 4) is 0 Å². The number of nitrogens with zero attached hydrogens (tertiary/aromatic N) is 2. The van der Waals surface area contributed by atoms with Crippen LogP contribution < -0.4 is 11.1 Å². The fourth-order valence-electron chi connectivity index (χ4n) is 2.67. The third-order valence-corrected chi connectivity index (χ3v) is 5.24. The summed E-state index contributed by atoms with van der Waals surface area (Å²) < 4.78 is 1.54. The molecule has 118 valence electrons. The summed E-state index contributed by atoms with van der Waals surface area (Å²) >= 11 is 2.07. The van der Waals surface area contributed by atoms with Crippen molar-refractivity contribution in [1.29, 1.82) is 0 Å². The molecule has 0 saturated heterocycles. The monoisotopic (exact) mass is 310 g/mol. The topological polar surface area (TPSA) is 72.9 Å². The van der Waals surface area contributed by atoms with E-state index in [9.17, 15) is 4.79 Å². The van der Waals surface area contributed by atoms with Gasteiger partial charge in [0.15, 0.2) is 0 Å². The van der Waals surface area contributed by atoms with Crippen LogP contribution in [0.3, 0.4) is 0 Å². The van der Waals surface area contributed by atoms with Crippen molar-refractivity contribution in [2.75, 3.05) is 18.0 Å². The summed E-state index contributed by atoms with van der Waals surface area (Å²) in [4.78, 5) is 11.8. The van der Waals surface area contributed by atoms with Crippen molar-refractivity contribution in [3.05, 3.63) is 11.8 Å². The lowest BCUT2D eigenvalue weighted by atomic mass is 10.0. The molecular formula is C15H26N4OS. The molecule has 1 aromatic heterocycles. The Labute approximate surface area is 131 Å². The zero-order valence-electron chi connectivity index (χ0n) is 12.8. The lowest BCUT2D eigenvalue weighted by Gasteiger charge is -2.20. The van der Waals surface area contributed by atoms with E-state index in [2.05, 4.69) is 22.2 Å². The zero-order chi connectivity index (χ0) is 15.1. The number of hydrogen-bond donors (Lipinski definition) is 2. The van der Waals surface area contributed by atoms with Crippen LogP contribution in [-0.2, 0) is 11.3 Å². The summed E-state index contributed by atoms with van der Waals surface area (Å²) in [7, 11) is 0. The van der Waals surface area contributed by atoms with Crippen LogP contribution in [0.5, 0.6) is 0 Å². The van der Waals surface area contributed by atoms with Gasteiger partial charge in [-0.15, -0.1) is 0 Å². The summed E-state index contributed by atoms with van der Waals surface area (Å²) in [5.74, 6) is 1.65. The molecule has 0 bridgehead atoms. The van der Waals surface area contributed by atoms with E-state index in [1.807, 2.05) is 6.92 Å². The molecule has 1 aliphatic rings. The van der Waals surface area contributed by atoms with Crippen molar-refractivity contribution < 1.29 is 4.79 Å². The van der Waals surface area contributed by atoms with Gasteiger partial charge in [-0.2, -0.15) is 16.9 Å². The summed E-state index contributed by atoms with van der Waals surface area (Å²) in [5, 5.41) is 7.97. The van der Waals surface area contributed by atoms with E-state index in [-0.39, 0.29) is 12.5 Å². The van der Waals surface area contributed by atoms with Crippen molar-refractivity contribution in [3.63, 3.8) is 0 Å². The second-order valence-electron chi connectivity index (χ2n) is 5.70. The minimum absolute atomic E-state index is 0.0209. The number of aryl methyl sites for hydroxylation is 1. The van der Waals surface area contributed by atoms with Crippen LogP contribution in [0.15, 0.2) is 6.07 Å². The molecule has 5 nitrogen and oxygen atoms in total. The molecule has 0 aliphatic heterocycles. The predicted molar refractivity (Wildman–Crippen MR) is 88.3 cm³/mol. The third kappa shape index (κ3) is 5.61. The molecule has 3 N–H and O–H groups in total. The maximum absolute atomic E-state index is 11.8. The van der Waals surface area contributed by atoms with Crippen LogP contribution in [-0.4, -0.2) is 33.2 Å². The molecule has 0 atom stereocenters. The van der Waals surface area contributed by atoms with Crippen LogP contribution in [0.1, 0.15) is 44.2 Å². The van der Waals surface area contributed by atoms with Gasteiger partial charge in [-0.25, -0.2) is 4.68 Å². The highest BCUT2D eigenvalue weighted by atomic mass is 32.2. The van der Waals surface area contributed by atoms with Crippen LogP contribution >= 0.6 is 11.8 Å². The SMILES string of the molecule is Cc1cc(N)n(CC(=O)NCCCSC2CCCCC2)n1. The minimum Gasteiger partial charge on any atom is -0.384 e. The Hall–Kier alpha value is -1.17. The van der Waals surface area contributed by atoms with E-state index in [1.165, 1.54) is 32.1 Å². The molecule has 0 spiro atoms. The third-order valence-electron chi connectivity index (χ3n) is 3.78. The van der Waals surface area contributed by atoms with Gasteiger partial charge in [-0.1, -0.05) is 19.3 Å². The lowest BCUT2D eigenvalue weighted by molar-refractivity contribution is -0.121. The van der Waals surface area contributed by atoms with E-state index in [1.54, 1.807) is 10.7 Å². The maximum Gasteiger partial charge on any atom is 0.241 e. The second kappa shape index (κ2) is 8.32. The van der Waals surface area contributed by atoms with Gasteiger partial charge in [0, 0.05) is 17.9 Å². The molecule has 1 saturated carbocycles. The van der Waals surface area contributed by atoms with E-state index < -0.39 is 0 Å². The molecule has 1 aliphatic carbocycles. The molecule has 1 heterocycles. The molecular weight excluding hydrogens is 284 g/mol. The first-order valence-corrected chi connectivity index (χ1v) is 8.88. The summed E-state index contributed by atoms with van der Waals surface area (Å²) in [5.41, 5.74) is 6.60. The quantitative estimate of drug-likeness (QED) is 0.758. The van der Waals surface area contributed by atoms with Crippen molar-refractivity contribution in [2.24, 2.45) is 0 Å². The number of nitrogen functional groups attached to an aromatic ring is 1. The molecule has 0 radical (unpaired) electrons. The van der Waals surface area contributed by atoms with Gasteiger partial charge in [-0.3, -0.25) is 4.79 Å². The van der Waals surface area contributed by atoms with Gasteiger partial charge < -0.3 is 11.1 Å². The van der Waals surface area contributed by atoms with Gasteiger partial charge in [0.2, 0.25) is 5.91 Å². The van der Waals surface area contributed by atoms with E-state index >= 15 is 0 Å². The number of amides is 1. The van der Waals surface area contributed by atoms with Gasteiger partial charge in [0.05, 0.1) is 5.69 Å². The van der Waals surface area contributed by atoms with Crippen molar-refractivity contribution in [2.45, 2.75) is 57.2 Å². The normalized spacial score (nSPS) is 16.0. The largest absolute Gasteiger partial charge is 0.384 e. The number of nitrogens with one attached hydrogen (secondary N) is 1. The Balaban J connectivity index is 1.55. The Kier molecular flexibility index (Phi) is 6.42. The zero-order valence-corrected chi connectivity index (χ0v) is 13.6. The standard InChI is InChI=1S/C15H26N4OS/c1-12-10-14(16)19(18-12)11-15(20)17-8-5-9-21-13-6-3-2-4-7-13/h10,13H,2-9,11,16H2,1H3,(H,17,20). The van der Waals surface area contributed by atoms with Gasteiger partial charge >= 0.3 is 0 Å². The van der Waals surface area contributed by atoms with Crippen molar-refractivity contribution >= 4 is 23.5 Å². The fourth-order valence-corrected chi connectivity index (χ4v) is 3.98. The first-order chi connectivity index (χ1) is 10.1. The summed E-state index contributed by atoms with van der Waals surface area (Å²) in [6.07, 6.45) is 7.95. The number of aromatic nitrogens is 2. The molecule has 2 rings (SSSR count). The van der Waals surface area contributed by atoms with Gasteiger partial charge in [-0.05, 0) is 31.9 Å². The number of nitrogens with two attached hydrogens (primary N) is 1. The molecule has 0 aromatic carbocycles. The van der Waals surface area contributed by atoms with Crippen LogP contribution in [0.4, 0.5) is 5.82 Å². The highest BCUT2D eigenvalue weighted by Gasteiger charge is 2.13. The number of anilines is 1. The predicted octanol–water partition coefficient (Wildman–Crippen LogP) is 2.35. The number of carbonyl (C=O) groups excluding carboxylic acids is 1. The number of carbonyl (C=O) groups is 1. The highest BCUT2D eigenvalue weighted by molar-refractivity contribution is 7.99. The van der Waals surface area contributed by atoms with Crippen molar-refractivity contribution in [1.82, 2.24) is 15.1 Å². The second-order valence-corrected chi connectivity index (χ2v) is 7.11. The van der Waals surface area contributed by atoms with Crippen LogP contribution in [0.2, 0.25) is 0 Å². The first kappa shape index (κ1) is 16.2. The van der Waals surface area contributed by atoms with Gasteiger partial charge in [0.25, 0.3) is 0 Å². The molecule has 6 heteroatoms. The molecule has 1 aromatic rings. The Morgan fingerprint density at radius 3 is 2.90 bits per heavy atom. The minimum atomic E-state index is -0.0209. The molecule has 21 heavy (non-hydrogen) atoms. The van der Waals surface area contributed by atoms with Crippen LogP contribution in [0.25, 0.3) is 0 Å². The van der Waals surface area contributed by atoms with Crippen LogP contribution in [0, 0.1) is 6.92 Å². The fraction of sp³-hybridized carbons (Fsp3) is 0.733. The molecule has 1 fully saturated rings.